The minimum absolute atomic E-state index is 0.117. The number of likely N-dealkylation sites (N-methyl/N-ethyl adjacent to an activating group) is 1. The third-order valence-electron chi connectivity index (χ3n) is 3.52. The molecule has 0 saturated heterocycles. The van der Waals surface area contributed by atoms with E-state index >= 15 is 0 Å². The van der Waals surface area contributed by atoms with Gasteiger partial charge in [0.15, 0.2) is 0 Å². The van der Waals surface area contributed by atoms with Crippen molar-refractivity contribution in [3.05, 3.63) is 71.0 Å². The maximum Gasteiger partial charge on any atom is 0.251 e. The molecule has 22 heavy (non-hydrogen) atoms. The molecule has 3 nitrogen and oxygen atoms in total. The predicted molar refractivity (Wildman–Crippen MR) is 86.3 cm³/mol. The van der Waals surface area contributed by atoms with Crippen LogP contribution in [0.1, 0.15) is 27.5 Å². The van der Waals surface area contributed by atoms with E-state index in [1.165, 1.54) is 24.3 Å². The minimum atomic E-state index is -0.347. The van der Waals surface area contributed by atoms with Gasteiger partial charge in [-0.3, -0.25) is 4.79 Å². The third-order valence-corrected chi connectivity index (χ3v) is 3.52. The van der Waals surface area contributed by atoms with Gasteiger partial charge in [-0.15, -0.1) is 0 Å². The summed E-state index contributed by atoms with van der Waals surface area (Å²) >= 11 is 0. The van der Waals surface area contributed by atoms with E-state index in [1.807, 2.05) is 50.2 Å². The molecular weight excluding hydrogens is 279 g/mol. The van der Waals surface area contributed by atoms with Crippen LogP contribution in [-0.4, -0.2) is 31.4 Å². The Morgan fingerprint density at radius 2 is 1.77 bits per heavy atom. The molecule has 4 heteroatoms. The fraction of sp³-hybridized carbons (Fsp3) is 0.278. The van der Waals surface area contributed by atoms with Gasteiger partial charge in [0.05, 0.1) is 6.04 Å². The van der Waals surface area contributed by atoms with Crippen LogP contribution in [0.5, 0.6) is 0 Å². The van der Waals surface area contributed by atoms with Crippen molar-refractivity contribution in [2.24, 2.45) is 0 Å². The Kier molecular flexibility index (Phi) is 5.28. The van der Waals surface area contributed by atoms with E-state index < -0.39 is 0 Å². The third kappa shape index (κ3) is 4.15. The molecule has 1 atom stereocenters. The van der Waals surface area contributed by atoms with Gasteiger partial charge in [-0.25, -0.2) is 4.39 Å². The lowest BCUT2D eigenvalue weighted by Crippen LogP contribution is -2.35. The number of halogens is 1. The summed E-state index contributed by atoms with van der Waals surface area (Å²) in [4.78, 5) is 14.4. The highest BCUT2D eigenvalue weighted by Crippen LogP contribution is 2.19. The van der Waals surface area contributed by atoms with Crippen molar-refractivity contribution in [1.82, 2.24) is 10.2 Å². The number of hydrogen-bond donors (Lipinski definition) is 1. The SMILES string of the molecule is Cc1ccccc1C(CN(C)C)NC(=O)c1ccc(F)cc1. The maximum atomic E-state index is 13.0. The summed E-state index contributed by atoms with van der Waals surface area (Å²) in [6, 6.07) is 13.5. The molecule has 116 valence electrons. The average Bonchev–Trinajstić information content (AvgIpc) is 2.47. The second-order valence-electron chi connectivity index (χ2n) is 5.65. The fourth-order valence-electron chi connectivity index (χ4n) is 2.41. The quantitative estimate of drug-likeness (QED) is 0.920. The van der Waals surface area contributed by atoms with Crippen LogP contribution in [0.4, 0.5) is 4.39 Å². The van der Waals surface area contributed by atoms with Gasteiger partial charge < -0.3 is 10.2 Å². The second kappa shape index (κ2) is 7.18. The number of amides is 1. The van der Waals surface area contributed by atoms with E-state index in [9.17, 15) is 9.18 Å². The molecule has 0 aliphatic rings. The molecule has 1 N–H and O–H groups in total. The van der Waals surface area contributed by atoms with Crippen molar-refractivity contribution >= 4 is 5.91 Å². The summed E-state index contributed by atoms with van der Waals surface area (Å²) in [6.45, 7) is 2.72. The molecular formula is C18H21FN2O. The van der Waals surface area contributed by atoms with Crippen molar-refractivity contribution < 1.29 is 9.18 Å². The molecule has 0 heterocycles. The van der Waals surface area contributed by atoms with Gasteiger partial charge in [0.1, 0.15) is 5.82 Å². The number of carbonyl (C=O) groups is 1. The van der Waals surface area contributed by atoms with Gasteiger partial charge in [0, 0.05) is 12.1 Å². The standard InChI is InChI=1S/C18H21FN2O/c1-13-6-4-5-7-16(13)17(12-21(2)3)20-18(22)14-8-10-15(19)11-9-14/h4-11,17H,12H2,1-3H3,(H,20,22). The molecule has 2 aromatic carbocycles. The lowest BCUT2D eigenvalue weighted by Gasteiger charge is -2.24. The average molecular weight is 300 g/mol. The van der Waals surface area contributed by atoms with Crippen LogP contribution >= 0.6 is 0 Å². The van der Waals surface area contributed by atoms with Gasteiger partial charge in [0.25, 0.3) is 5.91 Å². The van der Waals surface area contributed by atoms with Gasteiger partial charge in [-0.1, -0.05) is 24.3 Å². The van der Waals surface area contributed by atoms with Gasteiger partial charge in [-0.05, 0) is 56.4 Å². The van der Waals surface area contributed by atoms with Crippen LogP contribution in [0.25, 0.3) is 0 Å². The van der Waals surface area contributed by atoms with Gasteiger partial charge in [-0.2, -0.15) is 0 Å². The summed E-state index contributed by atoms with van der Waals surface area (Å²) in [6.07, 6.45) is 0. The molecule has 0 fully saturated rings. The van der Waals surface area contributed by atoms with Crippen molar-refractivity contribution in [3.63, 3.8) is 0 Å². The van der Waals surface area contributed by atoms with Crippen molar-refractivity contribution in [1.29, 1.82) is 0 Å². The first kappa shape index (κ1) is 16.2. The minimum Gasteiger partial charge on any atom is -0.344 e. The van der Waals surface area contributed by atoms with Crippen molar-refractivity contribution in [2.75, 3.05) is 20.6 Å². The van der Waals surface area contributed by atoms with E-state index in [4.69, 9.17) is 0 Å². The Hall–Kier alpha value is -2.20. The molecule has 0 saturated carbocycles. The molecule has 0 bridgehead atoms. The van der Waals surface area contributed by atoms with Crippen LogP contribution in [0, 0.1) is 12.7 Å². The number of benzene rings is 2. The molecule has 1 unspecified atom stereocenters. The summed E-state index contributed by atoms with van der Waals surface area (Å²) in [7, 11) is 3.94. The van der Waals surface area contributed by atoms with Crippen LogP contribution in [0.2, 0.25) is 0 Å². The first-order chi connectivity index (χ1) is 10.5. The zero-order chi connectivity index (χ0) is 16.1. The van der Waals surface area contributed by atoms with Crippen molar-refractivity contribution in [2.45, 2.75) is 13.0 Å². The van der Waals surface area contributed by atoms with E-state index in [1.54, 1.807) is 0 Å². The van der Waals surface area contributed by atoms with Gasteiger partial charge in [0.2, 0.25) is 0 Å². The fourth-order valence-corrected chi connectivity index (χ4v) is 2.41. The van der Waals surface area contributed by atoms with E-state index in [2.05, 4.69) is 5.32 Å². The molecule has 2 aromatic rings. The topological polar surface area (TPSA) is 32.3 Å². The summed E-state index contributed by atoms with van der Waals surface area (Å²) in [5.74, 6) is -0.546. The first-order valence-electron chi connectivity index (χ1n) is 7.24. The molecule has 2 rings (SSSR count). The summed E-state index contributed by atoms with van der Waals surface area (Å²) in [5.41, 5.74) is 2.68. The number of rotatable bonds is 5. The Balaban J connectivity index is 2.21. The molecule has 0 aromatic heterocycles. The normalized spacial score (nSPS) is 12.2. The van der Waals surface area contributed by atoms with Crippen LogP contribution in [0.15, 0.2) is 48.5 Å². The zero-order valence-corrected chi connectivity index (χ0v) is 13.1. The number of nitrogens with one attached hydrogen (secondary N) is 1. The smallest absolute Gasteiger partial charge is 0.251 e. The lowest BCUT2D eigenvalue weighted by molar-refractivity contribution is 0.0930. The number of aryl methyl sites for hydroxylation is 1. The van der Waals surface area contributed by atoms with Gasteiger partial charge >= 0.3 is 0 Å². The Labute approximate surface area is 130 Å². The molecule has 0 aliphatic carbocycles. The number of carbonyl (C=O) groups excluding carboxylic acids is 1. The first-order valence-corrected chi connectivity index (χ1v) is 7.24. The second-order valence-corrected chi connectivity index (χ2v) is 5.65. The van der Waals surface area contributed by atoms with E-state index in [0.717, 1.165) is 11.1 Å². The summed E-state index contributed by atoms with van der Waals surface area (Å²) in [5, 5.41) is 3.04. The predicted octanol–water partition coefficient (Wildman–Crippen LogP) is 3.17. The zero-order valence-electron chi connectivity index (χ0n) is 13.1. The number of nitrogens with zero attached hydrogens (tertiary/aromatic N) is 1. The highest BCUT2D eigenvalue weighted by Gasteiger charge is 2.18. The largest absolute Gasteiger partial charge is 0.344 e. The van der Waals surface area contributed by atoms with Crippen LogP contribution in [0.3, 0.4) is 0 Å². The highest BCUT2D eigenvalue weighted by atomic mass is 19.1. The molecule has 0 aliphatic heterocycles. The molecule has 1 amide bonds. The molecule has 0 spiro atoms. The van der Waals surface area contributed by atoms with Crippen molar-refractivity contribution in [3.8, 4) is 0 Å². The Morgan fingerprint density at radius 1 is 1.14 bits per heavy atom. The van der Waals surface area contributed by atoms with Crippen LogP contribution in [-0.2, 0) is 0 Å². The molecule has 0 radical (unpaired) electrons. The maximum absolute atomic E-state index is 13.0. The summed E-state index contributed by atoms with van der Waals surface area (Å²) < 4.78 is 13.0. The lowest BCUT2D eigenvalue weighted by atomic mass is 10.0. The Morgan fingerprint density at radius 3 is 2.36 bits per heavy atom. The van der Waals surface area contributed by atoms with E-state index in [-0.39, 0.29) is 17.8 Å². The van der Waals surface area contributed by atoms with E-state index in [0.29, 0.717) is 12.1 Å². The monoisotopic (exact) mass is 300 g/mol. The number of hydrogen-bond acceptors (Lipinski definition) is 2. The Bertz CT molecular complexity index is 638. The highest BCUT2D eigenvalue weighted by molar-refractivity contribution is 5.94. The van der Waals surface area contributed by atoms with Crippen LogP contribution < -0.4 is 5.32 Å².